The van der Waals surface area contributed by atoms with Gasteiger partial charge in [-0.25, -0.2) is 0 Å². The van der Waals surface area contributed by atoms with Crippen LogP contribution in [0.3, 0.4) is 0 Å². The highest BCUT2D eigenvalue weighted by Crippen LogP contribution is 2.14. The molecule has 0 radical (unpaired) electrons. The molecule has 51 heavy (non-hydrogen) atoms. The molecule has 2 unspecified atom stereocenters. The van der Waals surface area contributed by atoms with Gasteiger partial charge in [-0.05, 0) is 70.6 Å². The predicted molar refractivity (Wildman–Crippen MR) is 218 cm³/mol. The normalized spacial score (nSPS) is 12.9. The summed E-state index contributed by atoms with van der Waals surface area (Å²) in [5.41, 5.74) is 0. The highest BCUT2D eigenvalue weighted by Gasteiger charge is 2.20. The quantitative estimate of drug-likeness (QED) is 0.0333. The number of hydrogen-bond donors (Lipinski definition) is 3. The number of unbranched alkanes of at least 4 members (excludes halogenated alkanes) is 25. The van der Waals surface area contributed by atoms with Gasteiger partial charge in [0.2, 0.25) is 5.91 Å². The van der Waals surface area contributed by atoms with Gasteiger partial charge in [-0.1, -0.05) is 167 Å². The van der Waals surface area contributed by atoms with E-state index in [1.165, 1.54) is 122 Å². The van der Waals surface area contributed by atoms with Crippen LogP contribution in [0.5, 0.6) is 0 Å². The molecule has 1 amide bonds. The Bertz CT molecular complexity index is 797. The summed E-state index contributed by atoms with van der Waals surface area (Å²) in [6, 6.07) is -0.559. The summed E-state index contributed by atoms with van der Waals surface area (Å²) < 4.78 is 5.42. The molecule has 0 aromatic heterocycles. The summed E-state index contributed by atoms with van der Waals surface area (Å²) in [5.74, 6) is -0.0932. The minimum Gasteiger partial charge on any atom is -0.466 e. The van der Waals surface area contributed by atoms with Crippen LogP contribution in [0.1, 0.15) is 226 Å². The Morgan fingerprint density at radius 1 is 0.529 bits per heavy atom. The zero-order valence-electron chi connectivity index (χ0n) is 33.8. The SMILES string of the molecule is CCCC/C=C\CCCCCCCC(=O)OCCCCCCCC/C=C\CCCCCC(=O)NC(CO)C(O)CCCCCCCCCCCC. The van der Waals surface area contributed by atoms with Gasteiger partial charge in [0.25, 0.3) is 0 Å². The van der Waals surface area contributed by atoms with E-state index < -0.39 is 12.1 Å². The molecule has 6 nitrogen and oxygen atoms in total. The predicted octanol–water partition coefficient (Wildman–Crippen LogP) is 12.4. The van der Waals surface area contributed by atoms with Crippen molar-refractivity contribution >= 4 is 11.9 Å². The van der Waals surface area contributed by atoms with Gasteiger partial charge in [0, 0.05) is 12.8 Å². The van der Waals surface area contributed by atoms with Crippen LogP contribution in [0, 0.1) is 0 Å². The minimum absolute atomic E-state index is 0.0247. The number of aliphatic hydroxyl groups excluding tert-OH is 2. The van der Waals surface area contributed by atoms with Gasteiger partial charge >= 0.3 is 5.97 Å². The van der Waals surface area contributed by atoms with E-state index in [0.717, 1.165) is 70.6 Å². The van der Waals surface area contributed by atoms with Gasteiger partial charge in [0.15, 0.2) is 0 Å². The summed E-state index contributed by atoms with van der Waals surface area (Å²) in [6.45, 7) is 4.83. The van der Waals surface area contributed by atoms with Crippen molar-refractivity contribution in [2.24, 2.45) is 0 Å². The molecule has 300 valence electrons. The number of hydrogen-bond acceptors (Lipinski definition) is 5. The third kappa shape index (κ3) is 37.9. The van der Waals surface area contributed by atoms with Crippen LogP contribution in [-0.2, 0) is 14.3 Å². The van der Waals surface area contributed by atoms with Gasteiger partial charge in [-0.2, -0.15) is 0 Å². The lowest BCUT2D eigenvalue weighted by Crippen LogP contribution is -2.45. The molecule has 0 aliphatic carbocycles. The van der Waals surface area contributed by atoms with Crippen molar-refractivity contribution in [3.8, 4) is 0 Å². The number of carbonyl (C=O) groups is 2. The van der Waals surface area contributed by atoms with E-state index >= 15 is 0 Å². The second-order valence-corrected chi connectivity index (χ2v) is 15.0. The first-order chi connectivity index (χ1) is 25.0. The highest BCUT2D eigenvalue weighted by molar-refractivity contribution is 5.76. The van der Waals surface area contributed by atoms with Gasteiger partial charge in [0.1, 0.15) is 0 Å². The van der Waals surface area contributed by atoms with Crippen LogP contribution in [-0.4, -0.2) is 47.4 Å². The molecule has 0 bridgehead atoms. The molecule has 0 spiro atoms. The Morgan fingerprint density at radius 3 is 1.47 bits per heavy atom. The van der Waals surface area contributed by atoms with Gasteiger partial charge in [0.05, 0.1) is 25.4 Å². The summed E-state index contributed by atoms with van der Waals surface area (Å²) >= 11 is 0. The lowest BCUT2D eigenvalue weighted by molar-refractivity contribution is -0.143. The maximum Gasteiger partial charge on any atom is 0.305 e. The van der Waals surface area contributed by atoms with Crippen LogP contribution in [0.4, 0.5) is 0 Å². The molecular weight excluding hydrogens is 634 g/mol. The Morgan fingerprint density at radius 2 is 0.941 bits per heavy atom. The van der Waals surface area contributed by atoms with Crippen molar-refractivity contribution in [3.05, 3.63) is 24.3 Å². The zero-order chi connectivity index (χ0) is 37.3. The first-order valence-corrected chi connectivity index (χ1v) is 22.1. The van der Waals surface area contributed by atoms with Crippen LogP contribution in [0.25, 0.3) is 0 Å². The van der Waals surface area contributed by atoms with Crippen molar-refractivity contribution in [1.29, 1.82) is 0 Å². The fourth-order valence-corrected chi connectivity index (χ4v) is 6.49. The van der Waals surface area contributed by atoms with Crippen LogP contribution in [0.15, 0.2) is 24.3 Å². The fourth-order valence-electron chi connectivity index (χ4n) is 6.49. The van der Waals surface area contributed by atoms with Crippen molar-refractivity contribution in [1.82, 2.24) is 5.32 Å². The molecule has 0 saturated heterocycles. The second-order valence-electron chi connectivity index (χ2n) is 15.0. The van der Waals surface area contributed by atoms with Crippen LogP contribution < -0.4 is 5.32 Å². The number of allylic oxidation sites excluding steroid dienone is 4. The Labute approximate surface area is 316 Å². The monoisotopic (exact) mass is 720 g/mol. The largest absolute Gasteiger partial charge is 0.466 e. The Hall–Kier alpha value is -1.66. The first-order valence-electron chi connectivity index (χ1n) is 22.1. The highest BCUT2D eigenvalue weighted by atomic mass is 16.5. The average molecular weight is 720 g/mol. The molecule has 2 atom stereocenters. The van der Waals surface area contributed by atoms with Gasteiger partial charge in [-0.15, -0.1) is 0 Å². The minimum atomic E-state index is -0.679. The van der Waals surface area contributed by atoms with E-state index in [9.17, 15) is 19.8 Å². The number of esters is 1. The van der Waals surface area contributed by atoms with Crippen LogP contribution in [0.2, 0.25) is 0 Å². The second kappa shape index (κ2) is 41.1. The molecule has 0 aromatic carbocycles. The van der Waals surface area contributed by atoms with E-state index in [1.54, 1.807) is 0 Å². The summed E-state index contributed by atoms with van der Waals surface area (Å²) in [5, 5.41) is 23.0. The van der Waals surface area contributed by atoms with Crippen molar-refractivity contribution < 1.29 is 24.5 Å². The zero-order valence-corrected chi connectivity index (χ0v) is 33.8. The third-order valence-corrected chi connectivity index (χ3v) is 9.97. The standard InChI is InChI=1S/C45H85NO5/c1-3-5-7-9-11-13-18-23-27-31-35-39-45(50)51-40-36-32-28-24-20-17-15-16-19-22-26-30-34-38-44(49)46-42(41-47)43(48)37-33-29-25-21-14-12-10-8-6-4-2/h9,11,16,19,42-43,47-48H,3-8,10,12-15,17-18,20-41H2,1-2H3,(H,46,49)/b11-9-,19-16-. The van der Waals surface area contributed by atoms with Crippen molar-refractivity contribution in [2.75, 3.05) is 13.2 Å². The molecule has 0 heterocycles. The molecule has 3 N–H and O–H groups in total. The summed E-state index contributed by atoms with van der Waals surface area (Å²) in [7, 11) is 0. The molecule has 0 aliphatic heterocycles. The maximum atomic E-state index is 12.4. The number of amides is 1. The molecule has 0 aromatic rings. The van der Waals surface area contributed by atoms with Crippen LogP contribution >= 0.6 is 0 Å². The molecule has 0 aliphatic rings. The summed E-state index contributed by atoms with van der Waals surface area (Å²) in [4.78, 5) is 24.3. The van der Waals surface area contributed by atoms with Crippen molar-refractivity contribution in [2.45, 2.75) is 238 Å². The van der Waals surface area contributed by atoms with E-state index in [0.29, 0.717) is 25.9 Å². The van der Waals surface area contributed by atoms with E-state index in [4.69, 9.17) is 4.74 Å². The number of aliphatic hydroxyl groups is 2. The van der Waals surface area contributed by atoms with Gasteiger partial charge < -0.3 is 20.3 Å². The lowest BCUT2D eigenvalue weighted by Gasteiger charge is -2.22. The number of carbonyl (C=O) groups excluding carboxylic acids is 2. The van der Waals surface area contributed by atoms with E-state index in [2.05, 4.69) is 43.5 Å². The fraction of sp³-hybridized carbons (Fsp3) is 0.867. The molecule has 6 heteroatoms. The lowest BCUT2D eigenvalue weighted by atomic mass is 10.0. The molecule has 0 fully saturated rings. The molecule has 0 saturated carbocycles. The topological polar surface area (TPSA) is 95.9 Å². The smallest absolute Gasteiger partial charge is 0.305 e. The molecule has 0 rings (SSSR count). The number of nitrogens with one attached hydrogen (secondary N) is 1. The Kier molecular flexibility index (Phi) is 39.8. The molecular formula is C45H85NO5. The van der Waals surface area contributed by atoms with E-state index in [1.807, 2.05) is 0 Å². The third-order valence-electron chi connectivity index (χ3n) is 9.97. The first kappa shape index (κ1) is 49.3. The maximum absolute atomic E-state index is 12.4. The van der Waals surface area contributed by atoms with Crippen molar-refractivity contribution in [3.63, 3.8) is 0 Å². The summed E-state index contributed by atoms with van der Waals surface area (Å²) in [6.07, 6.45) is 45.6. The average Bonchev–Trinajstić information content (AvgIpc) is 3.13. The van der Waals surface area contributed by atoms with E-state index in [-0.39, 0.29) is 18.5 Å². The Balaban J connectivity index is 3.52. The number of ether oxygens (including phenoxy) is 1. The number of rotatable bonds is 40. The van der Waals surface area contributed by atoms with Gasteiger partial charge in [-0.3, -0.25) is 9.59 Å².